The average Bonchev–Trinajstić information content (AvgIpc) is 2.98. The van der Waals surface area contributed by atoms with Gasteiger partial charge in [0.05, 0.1) is 11.9 Å². The molecule has 0 saturated carbocycles. The molecular formula is C11H8ClN5S. The van der Waals surface area contributed by atoms with E-state index >= 15 is 0 Å². The molecule has 0 aromatic carbocycles. The second-order valence-corrected chi connectivity index (χ2v) is 4.92. The molecule has 0 saturated heterocycles. The molecule has 18 heavy (non-hydrogen) atoms. The van der Waals surface area contributed by atoms with Crippen LogP contribution in [0.2, 0.25) is 5.15 Å². The van der Waals surface area contributed by atoms with Gasteiger partial charge in [0, 0.05) is 36.5 Å². The van der Waals surface area contributed by atoms with E-state index in [0.29, 0.717) is 11.0 Å². The Morgan fingerprint density at radius 3 is 2.89 bits per heavy atom. The normalized spacial score (nSPS) is 10.8. The molecule has 0 aliphatic carbocycles. The fraction of sp³-hybridized carbons (Fsp3) is 0.0909. The third kappa shape index (κ3) is 2.12. The van der Waals surface area contributed by atoms with Gasteiger partial charge in [-0.1, -0.05) is 11.6 Å². The van der Waals surface area contributed by atoms with E-state index in [2.05, 4.69) is 20.1 Å². The summed E-state index contributed by atoms with van der Waals surface area (Å²) in [7, 11) is 1.86. The van der Waals surface area contributed by atoms with Crippen LogP contribution in [0.15, 0.2) is 30.0 Å². The molecule has 90 valence electrons. The van der Waals surface area contributed by atoms with Crippen LogP contribution < -0.4 is 0 Å². The minimum absolute atomic E-state index is 0.397. The first-order valence-corrected chi connectivity index (χ1v) is 6.41. The molecule has 5 nitrogen and oxygen atoms in total. The van der Waals surface area contributed by atoms with Gasteiger partial charge in [0.25, 0.3) is 0 Å². The number of halogens is 1. The molecule has 0 bridgehead atoms. The van der Waals surface area contributed by atoms with Crippen molar-refractivity contribution in [2.24, 2.45) is 7.05 Å². The minimum atomic E-state index is 0.397. The molecule has 7 heteroatoms. The number of thiazole rings is 1. The Bertz CT molecular complexity index is 677. The fourth-order valence-corrected chi connectivity index (χ4v) is 2.30. The molecule has 0 amide bonds. The Balaban J connectivity index is 2.11. The number of nitrogens with zero attached hydrogens (tertiary/aromatic N) is 5. The first-order valence-electron chi connectivity index (χ1n) is 5.16. The van der Waals surface area contributed by atoms with Crippen LogP contribution in [0.1, 0.15) is 0 Å². The van der Waals surface area contributed by atoms with Gasteiger partial charge in [0.15, 0.2) is 10.8 Å². The lowest BCUT2D eigenvalue weighted by Crippen LogP contribution is -1.92. The summed E-state index contributed by atoms with van der Waals surface area (Å²) in [4.78, 5) is 12.8. The molecule has 3 aromatic rings. The smallest absolute Gasteiger partial charge is 0.190 e. The molecule has 0 N–H and O–H groups in total. The maximum Gasteiger partial charge on any atom is 0.190 e. The van der Waals surface area contributed by atoms with Crippen molar-refractivity contribution in [2.75, 3.05) is 0 Å². The monoisotopic (exact) mass is 277 g/mol. The van der Waals surface area contributed by atoms with Gasteiger partial charge in [-0.25, -0.2) is 15.0 Å². The van der Waals surface area contributed by atoms with Crippen molar-refractivity contribution in [2.45, 2.75) is 0 Å². The quantitative estimate of drug-likeness (QED) is 0.676. The van der Waals surface area contributed by atoms with Crippen LogP contribution in [0.25, 0.3) is 22.1 Å². The lowest BCUT2D eigenvalue weighted by molar-refractivity contribution is 0.768. The zero-order chi connectivity index (χ0) is 12.5. The maximum absolute atomic E-state index is 6.02. The molecule has 3 rings (SSSR count). The summed E-state index contributed by atoms with van der Waals surface area (Å²) < 4.78 is 1.72. The van der Waals surface area contributed by atoms with E-state index in [1.54, 1.807) is 23.1 Å². The molecule has 3 aromatic heterocycles. The maximum atomic E-state index is 6.02. The van der Waals surface area contributed by atoms with E-state index in [1.165, 1.54) is 11.3 Å². The summed E-state index contributed by atoms with van der Waals surface area (Å²) >= 11 is 7.50. The van der Waals surface area contributed by atoms with Gasteiger partial charge in [-0.15, -0.1) is 11.3 Å². The van der Waals surface area contributed by atoms with Crippen molar-refractivity contribution >= 4 is 22.9 Å². The highest BCUT2D eigenvalue weighted by Gasteiger charge is 2.10. The summed E-state index contributed by atoms with van der Waals surface area (Å²) in [6.45, 7) is 0. The number of hydrogen-bond acceptors (Lipinski definition) is 5. The van der Waals surface area contributed by atoms with Crippen molar-refractivity contribution in [3.8, 4) is 22.1 Å². The summed E-state index contributed by atoms with van der Waals surface area (Å²) in [5, 5.41) is 7.14. The van der Waals surface area contributed by atoms with Gasteiger partial charge in [0.1, 0.15) is 5.15 Å². The summed E-state index contributed by atoms with van der Waals surface area (Å²) in [5.41, 5.74) is 1.65. The van der Waals surface area contributed by atoms with Crippen molar-refractivity contribution in [3.05, 3.63) is 35.2 Å². The zero-order valence-electron chi connectivity index (χ0n) is 9.41. The molecule has 0 aliphatic heterocycles. The zero-order valence-corrected chi connectivity index (χ0v) is 11.0. The summed E-state index contributed by atoms with van der Waals surface area (Å²) in [5.74, 6) is 0.538. The van der Waals surface area contributed by atoms with E-state index in [9.17, 15) is 0 Å². The van der Waals surface area contributed by atoms with Crippen LogP contribution in [-0.4, -0.2) is 24.7 Å². The predicted octanol–water partition coefficient (Wildman–Crippen LogP) is 2.65. The molecule has 3 heterocycles. The highest BCUT2D eigenvalue weighted by Crippen LogP contribution is 2.24. The minimum Gasteiger partial charge on any atom is -0.275 e. The van der Waals surface area contributed by atoms with Crippen LogP contribution in [0.5, 0.6) is 0 Å². The van der Waals surface area contributed by atoms with Crippen LogP contribution >= 0.6 is 22.9 Å². The van der Waals surface area contributed by atoms with Crippen molar-refractivity contribution in [1.82, 2.24) is 24.7 Å². The second-order valence-electron chi connectivity index (χ2n) is 3.64. The molecule has 0 spiro atoms. The SMILES string of the molecule is Cn1cc(-c2cc(Cl)nc(-c3nccs3)n2)cn1. The highest BCUT2D eigenvalue weighted by molar-refractivity contribution is 7.13. The Kier molecular flexibility index (Phi) is 2.81. The first kappa shape index (κ1) is 11.3. The Labute approximate surface area is 112 Å². The van der Waals surface area contributed by atoms with Crippen molar-refractivity contribution in [1.29, 1.82) is 0 Å². The Hall–Kier alpha value is -1.79. The Morgan fingerprint density at radius 2 is 2.22 bits per heavy atom. The number of aromatic nitrogens is 5. The molecule has 0 atom stereocenters. The van der Waals surface area contributed by atoms with E-state index < -0.39 is 0 Å². The van der Waals surface area contributed by atoms with Gasteiger partial charge in [-0.05, 0) is 0 Å². The third-order valence-electron chi connectivity index (χ3n) is 2.32. The van der Waals surface area contributed by atoms with E-state index in [1.807, 2.05) is 18.6 Å². The molecule has 0 radical (unpaired) electrons. The van der Waals surface area contributed by atoms with Gasteiger partial charge in [0.2, 0.25) is 0 Å². The molecule has 0 aliphatic rings. The molecular weight excluding hydrogens is 270 g/mol. The summed E-state index contributed by atoms with van der Waals surface area (Å²) in [6, 6.07) is 1.72. The largest absolute Gasteiger partial charge is 0.275 e. The van der Waals surface area contributed by atoms with Gasteiger partial charge >= 0.3 is 0 Å². The van der Waals surface area contributed by atoms with E-state index in [-0.39, 0.29) is 0 Å². The number of rotatable bonds is 2. The van der Waals surface area contributed by atoms with Crippen LogP contribution in [0, 0.1) is 0 Å². The van der Waals surface area contributed by atoms with E-state index in [0.717, 1.165) is 16.3 Å². The predicted molar refractivity (Wildman–Crippen MR) is 70.4 cm³/mol. The Morgan fingerprint density at radius 1 is 1.33 bits per heavy atom. The lowest BCUT2D eigenvalue weighted by Gasteiger charge is -2.00. The van der Waals surface area contributed by atoms with Crippen molar-refractivity contribution < 1.29 is 0 Å². The number of hydrogen-bond donors (Lipinski definition) is 0. The topological polar surface area (TPSA) is 56.5 Å². The third-order valence-corrected chi connectivity index (χ3v) is 3.28. The van der Waals surface area contributed by atoms with Gasteiger partial charge in [-0.3, -0.25) is 4.68 Å². The van der Waals surface area contributed by atoms with Crippen LogP contribution in [0.4, 0.5) is 0 Å². The standard InChI is InChI=1S/C11H8ClN5S/c1-17-6-7(5-14-17)8-4-9(12)16-10(15-8)11-13-2-3-18-11/h2-6H,1H3. The van der Waals surface area contributed by atoms with Crippen LogP contribution in [0.3, 0.4) is 0 Å². The highest BCUT2D eigenvalue weighted by atomic mass is 35.5. The fourth-order valence-electron chi connectivity index (χ4n) is 1.55. The average molecular weight is 278 g/mol. The summed E-state index contributed by atoms with van der Waals surface area (Å²) in [6.07, 6.45) is 5.34. The van der Waals surface area contributed by atoms with Crippen molar-refractivity contribution in [3.63, 3.8) is 0 Å². The van der Waals surface area contributed by atoms with Gasteiger partial charge < -0.3 is 0 Å². The lowest BCUT2D eigenvalue weighted by atomic mass is 10.2. The van der Waals surface area contributed by atoms with Crippen LogP contribution in [-0.2, 0) is 7.05 Å². The van der Waals surface area contributed by atoms with E-state index in [4.69, 9.17) is 11.6 Å². The molecule has 0 fully saturated rings. The number of aryl methyl sites for hydroxylation is 1. The first-order chi connectivity index (χ1) is 8.72. The second kappa shape index (κ2) is 4.47. The van der Waals surface area contributed by atoms with Gasteiger partial charge in [-0.2, -0.15) is 5.10 Å². The molecule has 0 unspecified atom stereocenters.